The van der Waals surface area contributed by atoms with E-state index in [9.17, 15) is 29.4 Å². The fraction of sp³-hybridized carbons (Fsp3) is 0.659. The fourth-order valence-corrected chi connectivity index (χ4v) is 27.1. The molecule has 0 heterocycles. The number of methoxy groups -OCH3 is 4. The lowest BCUT2D eigenvalue weighted by Crippen LogP contribution is -2.57. The van der Waals surface area contributed by atoms with Crippen LogP contribution in [0.15, 0.2) is 48.5 Å². The summed E-state index contributed by atoms with van der Waals surface area (Å²) in [6.07, 6.45) is 25.1. The Morgan fingerprint density at radius 3 is 0.734 bits per heavy atom. The second-order valence-electron chi connectivity index (χ2n) is 35.0. The lowest BCUT2D eigenvalue weighted by molar-refractivity contribution is -0.171. The van der Waals surface area contributed by atoms with Crippen LogP contribution in [0.1, 0.15) is 248 Å². The molecule has 8 unspecified atom stereocenters. The summed E-state index contributed by atoms with van der Waals surface area (Å²) in [6.45, 7) is 5.24. The van der Waals surface area contributed by atoms with Gasteiger partial charge in [-0.2, -0.15) is 0 Å². The molecular weight excluding hydrogens is 1180 g/mol. The fourth-order valence-electron chi connectivity index (χ4n) is 27.1. The number of hydrogen-bond acceptors (Lipinski definition) is 12. The molecule has 17 aliphatic carbocycles. The van der Waals surface area contributed by atoms with E-state index in [2.05, 4.69) is 62.4 Å². The third-order valence-corrected chi connectivity index (χ3v) is 28.6. The minimum Gasteiger partial charge on any atom is -0.507 e. The SMILES string of the molecule is CCCOc1c2cc(C34CC5CC(CC(C(=O)OC)(C5)C3)C4)cc1Cc1cc(C34CC5CC(CC(C(=O)OC)(C5)C3)C4)cc(c1O)Cc1cc(C34CC5CC(CC(C(=O)OC)(C5)C3)C4)cc(c1OCCC)Cc1cc(C34CC5CC(CC(C(=O)OC)(C5)C3)C4)cc(c1O)C2. The average Bonchev–Trinajstić information content (AvgIpc) is 0.727. The number of benzene rings is 4. The van der Waals surface area contributed by atoms with Gasteiger partial charge in [0.15, 0.2) is 0 Å². The van der Waals surface area contributed by atoms with Crippen molar-refractivity contribution < 1.29 is 57.8 Å². The molecule has 21 rings (SSSR count). The first kappa shape index (κ1) is 61.5. The first-order chi connectivity index (χ1) is 45.2. The van der Waals surface area contributed by atoms with Crippen molar-refractivity contribution in [1.82, 2.24) is 0 Å². The van der Waals surface area contributed by atoms with Crippen LogP contribution >= 0.6 is 0 Å². The van der Waals surface area contributed by atoms with E-state index in [1.807, 2.05) is 0 Å². The summed E-state index contributed by atoms with van der Waals surface area (Å²) in [5.41, 5.74) is 8.57. The summed E-state index contributed by atoms with van der Waals surface area (Å²) in [7, 11) is 6.23. The Kier molecular flexibility index (Phi) is 14.2. The van der Waals surface area contributed by atoms with Gasteiger partial charge in [0.1, 0.15) is 23.0 Å². The number of hydrogen-bond donors (Lipinski definition) is 2. The lowest BCUT2D eigenvalue weighted by atomic mass is 9.42. The van der Waals surface area contributed by atoms with Gasteiger partial charge in [-0.3, -0.25) is 19.2 Å². The molecule has 16 fully saturated rings. The third-order valence-electron chi connectivity index (χ3n) is 28.6. The van der Waals surface area contributed by atoms with E-state index in [-0.39, 0.29) is 57.0 Å². The molecule has 0 spiro atoms. The van der Waals surface area contributed by atoms with Gasteiger partial charge in [0.25, 0.3) is 0 Å². The zero-order valence-corrected chi connectivity index (χ0v) is 56.8. The summed E-state index contributed by atoms with van der Waals surface area (Å²) in [4.78, 5) is 57.2. The third kappa shape index (κ3) is 9.32. The molecule has 17 aliphatic rings. The number of phenolic OH excluding ortho intramolecular Hbond substituents is 2. The molecule has 0 saturated heterocycles. The number of fused-ring (bicyclic) bond motifs is 8. The van der Waals surface area contributed by atoms with Crippen LogP contribution in [0, 0.1) is 69.0 Å². The predicted molar refractivity (Wildman–Crippen MR) is 355 cm³/mol. The molecule has 12 nitrogen and oxygen atoms in total. The van der Waals surface area contributed by atoms with Crippen LogP contribution in [-0.4, -0.2) is 75.7 Å². The van der Waals surface area contributed by atoms with Gasteiger partial charge in [-0.1, -0.05) is 62.4 Å². The Morgan fingerprint density at radius 1 is 0.340 bits per heavy atom. The Labute approximate surface area is 556 Å². The van der Waals surface area contributed by atoms with Gasteiger partial charge in [-0.05, 0) is 303 Å². The molecule has 0 radical (unpaired) electrons. The molecule has 4 aromatic carbocycles. The largest absolute Gasteiger partial charge is 0.507 e. The summed E-state index contributed by atoms with van der Waals surface area (Å²) >= 11 is 0. The molecule has 0 aliphatic heterocycles. The average molecular weight is 1280 g/mol. The van der Waals surface area contributed by atoms with Gasteiger partial charge in [-0.25, -0.2) is 0 Å². The number of ether oxygens (including phenoxy) is 6. The molecule has 0 amide bonds. The summed E-state index contributed by atoms with van der Waals surface area (Å²) in [5, 5.41) is 27.4. The van der Waals surface area contributed by atoms with Crippen LogP contribution in [-0.2, 0) is 85.5 Å². The molecule has 94 heavy (non-hydrogen) atoms. The van der Waals surface area contributed by atoms with Crippen molar-refractivity contribution in [1.29, 1.82) is 0 Å². The van der Waals surface area contributed by atoms with E-state index in [0.717, 1.165) is 210 Å². The van der Waals surface area contributed by atoms with E-state index in [0.29, 0.717) is 99.1 Å². The van der Waals surface area contributed by atoms with Gasteiger partial charge >= 0.3 is 23.9 Å². The maximum atomic E-state index is 14.3. The zero-order chi connectivity index (χ0) is 64.7. The number of carbonyl (C=O) groups excluding carboxylic acids is 4. The molecule has 12 heteroatoms. The van der Waals surface area contributed by atoms with E-state index >= 15 is 0 Å². The standard InChI is InChI=1S/C82H100O12/c1-7-9-93-69-59-15-55-19-63(75-27-47-11-48(28-75)36-79(35-47,43-75)71(85)89-3)21-57(67(55)83)17-61-25-66(78-33-53-14-54(34-78)42-82(41-53,46-78)74(88)92-6)26-62(70(61)94-10-8-2)18-58-22-64(76-29-49-12-50(30-76)38-80(37-49,44-76)72(86)90-4)20-56(68(58)84)16-60(69)24-65(23-59)77-31-51-13-52(32-77)40-81(39-51,45-77)73(87)91-5/h19-26,47-54,83-84H,7-18,27-46H2,1-6H3. The first-order valence-electron chi connectivity index (χ1n) is 36.8. The summed E-state index contributed by atoms with van der Waals surface area (Å²) in [5.74, 6) is 4.88. The van der Waals surface area contributed by atoms with Crippen molar-refractivity contribution in [3.8, 4) is 23.0 Å². The van der Waals surface area contributed by atoms with Crippen molar-refractivity contribution in [2.45, 2.75) is 228 Å². The van der Waals surface area contributed by atoms with E-state index in [1.165, 1.54) is 22.3 Å². The number of carbonyl (C=O) groups is 4. The van der Waals surface area contributed by atoms with Crippen LogP contribution in [0.5, 0.6) is 23.0 Å². The molecule has 2 N–H and O–H groups in total. The van der Waals surface area contributed by atoms with Gasteiger partial charge in [0.05, 0.1) is 63.3 Å². The monoisotopic (exact) mass is 1280 g/mol. The molecule has 0 aromatic heterocycles. The van der Waals surface area contributed by atoms with Crippen LogP contribution in [0.2, 0.25) is 0 Å². The smallest absolute Gasteiger partial charge is 0.311 e. The van der Waals surface area contributed by atoms with Gasteiger partial charge < -0.3 is 38.6 Å². The molecule has 500 valence electrons. The van der Waals surface area contributed by atoms with Gasteiger partial charge in [-0.15, -0.1) is 0 Å². The highest BCUT2D eigenvalue weighted by molar-refractivity contribution is 5.80. The number of phenols is 2. The molecule has 8 atom stereocenters. The van der Waals surface area contributed by atoms with E-state index in [4.69, 9.17) is 28.4 Å². The summed E-state index contributed by atoms with van der Waals surface area (Å²) in [6, 6.07) is 18.9. The highest BCUT2D eigenvalue weighted by Gasteiger charge is 2.66. The normalized spacial score (nSPS) is 38.5. The van der Waals surface area contributed by atoms with E-state index < -0.39 is 21.7 Å². The predicted octanol–water partition coefficient (Wildman–Crippen LogP) is 15.4. The van der Waals surface area contributed by atoms with E-state index in [1.54, 1.807) is 28.4 Å². The number of rotatable bonds is 14. The maximum Gasteiger partial charge on any atom is 0.311 e. The molecular formula is C82H100O12. The molecule has 24 bridgehead atoms. The van der Waals surface area contributed by atoms with Crippen molar-refractivity contribution >= 4 is 23.9 Å². The van der Waals surface area contributed by atoms with Crippen molar-refractivity contribution in [3.63, 3.8) is 0 Å². The molecule has 4 aromatic rings. The highest BCUT2D eigenvalue weighted by Crippen LogP contribution is 2.71. The topological polar surface area (TPSA) is 164 Å². The number of esters is 4. The van der Waals surface area contributed by atoms with Gasteiger partial charge in [0.2, 0.25) is 0 Å². The minimum absolute atomic E-state index is 0.0835. The second kappa shape index (κ2) is 21.7. The van der Waals surface area contributed by atoms with Crippen LogP contribution < -0.4 is 9.47 Å². The van der Waals surface area contributed by atoms with Crippen molar-refractivity contribution in [2.75, 3.05) is 41.7 Å². The quantitative estimate of drug-likeness (QED) is 0.0800. The summed E-state index contributed by atoms with van der Waals surface area (Å²) < 4.78 is 37.5. The maximum absolute atomic E-state index is 14.3. The lowest BCUT2D eigenvalue weighted by Gasteiger charge is -2.61. The minimum atomic E-state index is -0.557. The Hall–Kier alpha value is -6.04. The Bertz CT molecular complexity index is 3430. The second-order valence-corrected chi connectivity index (χ2v) is 35.0. The molecule has 16 saturated carbocycles. The van der Waals surface area contributed by atoms with Crippen LogP contribution in [0.4, 0.5) is 0 Å². The zero-order valence-electron chi connectivity index (χ0n) is 56.8. The van der Waals surface area contributed by atoms with Crippen LogP contribution in [0.25, 0.3) is 0 Å². The highest BCUT2D eigenvalue weighted by atomic mass is 16.5. The Balaban J connectivity index is 0.917. The first-order valence-corrected chi connectivity index (χ1v) is 36.8. The Morgan fingerprint density at radius 2 is 0.543 bits per heavy atom. The van der Waals surface area contributed by atoms with Crippen LogP contribution in [0.3, 0.4) is 0 Å². The van der Waals surface area contributed by atoms with Crippen molar-refractivity contribution in [2.24, 2.45) is 69.0 Å². The number of aromatic hydroxyl groups is 2. The van der Waals surface area contributed by atoms with Crippen molar-refractivity contribution in [3.05, 3.63) is 115 Å². The van der Waals surface area contributed by atoms with Gasteiger partial charge in [0, 0.05) is 25.7 Å².